The minimum absolute atomic E-state index is 0.0404. The van der Waals surface area contributed by atoms with Gasteiger partial charge in [-0.2, -0.15) is 5.10 Å². The van der Waals surface area contributed by atoms with Crippen LogP contribution >= 0.6 is 0 Å². The van der Waals surface area contributed by atoms with E-state index in [1.54, 1.807) is 11.0 Å². The van der Waals surface area contributed by atoms with Crippen molar-refractivity contribution in [3.8, 4) is 5.69 Å². The van der Waals surface area contributed by atoms with E-state index in [0.29, 0.717) is 0 Å². The number of aryl methyl sites for hydroxylation is 1. The van der Waals surface area contributed by atoms with Gasteiger partial charge in [-0.3, -0.25) is 4.79 Å². The largest absolute Gasteiger partial charge is 0.349 e. The molecule has 2 unspecified atom stereocenters. The number of carbonyl (C=O) groups excluding carboxylic acids is 1. The number of nitrogens with zero attached hydrogens (tertiary/aromatic N) is 3. The molecule has 0 fully saturated rings. The summed E-state index contributed by atoms with van der Waals surface area (Å²) in [6.45, 7) is 2.02. The lowest BCUT2D eigenvalue weighted by Gasteiger charge is -2.26. The van der Waals surface area contributed by atoms with Gasteiger partial charge in [0.15, 0.2) is 0 Å². The predicted octanol–water partition coefficient (Wildman–Crippen LogP) is 3.56. The SMILES string of the molecule is CC(NC(=O)C1CCCc2ccccc21)c1ccc(-n2cncn2)cc1. The first-order valence-corrected chi connectivity index (χ1v) is 9.05. The van der Waals surface area contributed by atoms with Crippen LogP contribution in [0.2, 0.25) is 0 Å². The summed E-state index contributed by atoms with van der Waals surface area (Å²) in [5.74, 6) is 0.0711. The van der Waals surface area contributed by atoms with Crippen molar-refractivity contribution in [3.05, 3.63) is 77.9 Å². The number of benzene rings is 2. The van der Waals surface area contributed by atoms with Crippen molar-refractivity contribution in [2.75, 3.05) is 0 Å². The summed E-state index contributed by atoms with van der Waals surface area (Å²) < 4.78 is 1.71. The van der Waals surface area contributed by atoms with Crippen molar-refractivity contribution in [2.45, 2.75) is 38.1 Å². The Bertz CT molecular complexity index is 887. The highest BCUT2D eigenvalue weighted by Crippen LogP contribution is 2.32. The molecule has 26 heavy (non-hydrogen) atoms. The molecule has 1 aromatic heterocycles. The minimum atomic E-state index is -0.0446. The Morgan fingerprint density at radius 3 is 2.77 bits per heavy atom. The van der Waals surface area contributed by atoms with Crippen molar-refractivity contribution >= 4 is 5.91 Å². The zero-order valence-electron chi connectivity index (χ0n) is 14.8. The number of rotatable bonds is 4. The van der Waals surface area contributed by atoms with Gasteiger partial charge in [0.05, 0.1) is 17.6 Å². The smallest absolute Gasteiger partial charge is 0.228 e. The van der Waals surface area contributed by atoms with E-state index in [-0.39, 0.29) is 17.9 Å². The van der Waals surface area contributed by atoms with Crippen LogP contribution < -0.4 is 5.32 Å². The molecule has 2 aromatic carbocycles. The average molecular weight is 346 g/mol. The highest BCUT2D eigenvalue weighted by atomic mass is 16.1. The van der Waals surface area contributed by atoms with Crippen molar-refractivity contribution in [3.63, 3.8) is 0 Å². The Balaban J connectivity index is 1.46. The summed E-state index contributed by atoms with van der Waals surface area (Å²) >= 11 is 0. The first-order valence-electron chi connectivity index (χ1n) is 9.05. The molecule has 2 atom stereocenters. The van der Waals surface area contributed by atoms with Crippen LogP contribution in [0.5, 0.6) is 0 Å². The maximum atomic E-state index is 12.9. The Morgan fingerprint density at radius 2 is 2.00 bits per heavy atom. The second-order valence-corrected chi connectivity index (χ2v) is 6.81. The molecule has 1 aliphatic rings. The lowest BCUT2D eigenvalue weighted by molar-refractivity contribution is -0.123. The van der Waals surface area contributed by atoms with Crippen LogP contribution in [0.4, 0.5) is 0 Å². The van der Waals surface area contributed by atoms with E-state index in [1.165, 1.54) is 17.5 Å². The third kappa shape index (κ3) is 3.25. The van der Waals surface area contributed by atoms with E-state index in [4.69, 9.17) is 0 Å². The lowest BCUT2D eigenvalue weighted by Crippen LogP contribution is -2.33. The lowest BCUT2D eigenvalue weighted by atomic mass is 9.82. The van der Waals surface area contributed by atoms with Crippen LogP contribution in [0.3, 0.4) is 0 Å². The molecule has 1 N–H and O–H groups in total. The number of fused-ring (bicyclic) bond motifs is 1. The fourth-order valence-electron chi connectivity index (χ4n) is 3.68. The summed E-state index contributed by atoms with van der Waals surface area (Å²) in [5.41, 5.74) is 4.52. The van der Waals surface area contributed by atoms with Gasteiger partial charge in [-0.25, -0.2) is 9.67 Å². The molecule has 0 radical (unpaired) electrons. The van der Waals surface area contributed by atoms with Gasteiger partial charge in [-0.1, -0.05) is 36.4 Å². The summed E-state index contributed by atoms with van der Waals surface area (Å²) in [5, 5.41) is 7.32. The van der Waals surface area contributed by atoms with Crippen LogP contribution in [0.15, 0.2) is 61.2 Å². The normalized spacial score (nSPS) is 17.3. The summed E-state index contributed by atoms with van der Waals surface area (Å²) in [4.78, 5) is 16.8. The van der Waals surface area contributed by atoms with Gasteiger partial charge in [0.25, 0.3) is 0 Å². The second-order valence-electron chi connectivity index (χ2n) is 6.81. The Labute approximate surface area is 153 Å². The Kier molecular flexibility index (Phi) is 4.52. The zero-order chi connectivity index (χ0) is 17.9. The first-order chi connectivity index (χ1) is 12.7. The summed E-state index contributed by atoms with van der Waals surface area (Å²) in [6.07, 6.45) is 6.23. The Morgan fingerprint density at radius 1 is 1.19 bits per heavy atom. The zero-order valence-corrected chi connectivity index (χ0v) is 14.8. The molecular weight excluding hydrogens is 324 g/mol. The molecule has 0 bridgehead atoms. The van der Waals surface area contributed by atoms with E-state index in [2.05, 4.69) is 33.6 Å². The van der Waals surface area contributed by atoms with Crippen LogP contribution in [-0.2, 0) is 11.2 Å². The molecule has 1 aliphatic carbocycles. The fourth-order valence-corrected chi connectivity index (χ4v) is 3.68. The maximum absolute atomic E-state index is 12.9. The van der Waals surface area contributed by atoms with Crippen LogP contribution in [-0.4, -0.2) is 20.7 Å². The van der Waals surface area contributed by atoms with E-state index >= 15 is 0 Å². The van der Waals surface area contributed by atoms with Gasteiger partial charge in [-0.15, -0.1) is 0 Å². The van der Waals surface area contributed by atoms with E-state index in [0.717, 1.165) is 30.5 Å². The van der Waals surface area contributed by atoms with Gasteiger partial charge in [0.2, 0.25) is 5.91 Å². The molecule has 3 aromatic rings. The van der Waals surface area contributed by atoms with Gasteiger partial charge in [0, 0.05) is 0 Å². The van der Waals surface area contributed by atoms with Crippen LogP contribution in [0, 0.1) is 0 Å². The molecule has 1 amide bonds. The standard InChI is InChI=1S/C21H22N4O/c1-15(16-9-11-18(12-10-16)25-14-22-13-23-25)24-21(26)20-8-4-6-17-5-2-3-7-19(17)20/h2-3,5,7,9-15,20H,4,6,8H2,1H3,(H,24,26). The number of aromatic nitrogens is 3. The fraction of sp³-hybridized carbons (Fsp3) is 0.286. The molecule has 0 saturated heterocycles. The van der Waals surface area contributed by atoms with E-state index in [1.807, 2.05) is 37.3 Å². The Hall–Kier alpha value is -2.95. The van der Waals surface area contributed by atoms with Crippen molar-refractivity contribution < 1.29 is 4.79 Å². The molecule has 0 saturated carbocycles. The highest BCUT2D eigenvalue weighted by molar-refractivity contribution is 5.84. The van der Waals surface area contributed by atoms with Crippen molar-refractivity contribution in [1.29, 1.82) is 0 Å². The molecule has 0 aliphatic heterocycles. The van der Waals surface area contributed by atoms with E-state index < -0.39 is 0 Å². The molecule has 4 rings (SSSR count). The summed E-state index contributed by atoms with van der Waals surface area (Å²) in [7, 11) is 0. The van der Waals surface area contributed by atoms with Crippen LogP contribution in [0.1, 0.15) is 48.4 Å². The quantitative estimate of drug-likeness (QED) is 0.786. The van der Waals surface area contributed by atoms with Crippen molar-refractivity contribution in [2.24, 2.45) is 0 Å². The monoisotopic (exact) mass is 346 g/mol. The third-order valence-electron chi connectivity index (χ3n) is 5.12. The van der Waals surface area contributed by atoms with Gasteiger partial charge >= 0.3 is 0 Å². The van der Waals surface area contributed by atoms with Gasteiger partial charge in [-0.05, 0) is 55.0 Å². The second kappa shape index (κ2) is 7.12. The number of carbonyl (C=O) groups is 1. The number of amides is 1. The highest BCUT2D eigenvalue weighted by Gasteiger charge is 2.27. The molecule has 5 heteroatoms. The number of hydrogen-bond donors (Lipinski definition) is 1. The third-order valence-corrected chi connectivity index (χ3v) is 5.12. The molecule has 132 valence electrons. The molecular formula is C21H22N4O. The summed E-state index contributed by atoms with van der Waals surface area (Å²) in [6, 6.07) is 16.3. The predicted molar refractivity (Wildman–Crippen MR) is 100 cm³/mol. The van der Waals surface area contributed by atoms with Crippen LogP contribution in [0.25, 0.3) is 5.69 Å². The van der Waals surface area contributed by atoms with Crippen molar-refractivity contribution in [1.82, 2.24) is 20.1 Å². The molecule has 1 heterocycles. The topological polar surface area (TPSA) is 59.8 Å². The van der Waals surface area contributed by atoms with E-state index in [9.17, 15) is 4.79 Å². The average Bonchev–Trinajstić information content (AvgIpc) is 3.22. The first kappa shape index (κ1) is 16.5. The minimum Gasteiger partial charge on any atom is -0.349 e. The molecule has 5 nitrogen and oxygen atoms in total. The number of nitrogens with one attached hydrogen (secondary N) is 1. The van der Waals surface area contributed by atoms with Gasteiger partial charge in [0.1, 0.15) is 12.7 Å². The van der Waals surface area contributed by atoms with Gasteiger partial charge < -0.3 is 5.32 Å². The maximum Gasteiger partial charge on any atom is 0.228 e. The molecule has 0 spiro atoms. The number of hydrogen-bond acceptors (Lipinski definition) is 3.